The number of carbonyl (C=O) groups is 1. The number of amides is 1. The van der Waals surface area contributed by atoms with Crippen molar-refractivity contribution < 1.29 is 22.7 Å². The van der Waals surface area contributed by atoms with Crippen LogP contribution in [-0.2, 0) is 20.2 Å². The Bertz CT molecular complexity index is 993. The average molecular weight is 435 g/mol. The minimum Gasteiger partial charge on any atom is -0.495 e. The Morgan fingerprint density at radius 1 is 1.07 bits per heavy atom. The molecule has 0 heterocycles. The van der Waals surface area contributed by atoms with Gasteiger partial charge in [0.05, 0.1) is 17.7 Å². The minimum absolute atomic E-state index is 0.0238. The Morgan fingerprint density at radius 2 is 1.67 bits per heavy atom. The van der Waals surface area contributed by atoms with Gasteiger partial charge in [0.2, 0.25) is 10.0 Å². The second kappa shape index (κ2) is 9.06. The average Bonchev–Trinajstić information content (AvgIpc) is 2.67. The summed E-state index contributed by atoms with van der Waals surface area (Å²) in [5, 5.41) is 2.70. The molecule has 0 aliphatic heterocycles. The fourth-order valence-corrected chi connectivity index (χ4v) is 3.61. The molecule has 1 N–H and O–H groups in total. The van der Waals surface area contributed by atoms with Crippen LogP contribution in [0.2, 0.25) is 0 Å². The van der Waals surface area contributed by atoms with Crippen LogP contribution in [0, 0.1) is 0 Å². The zero-order chi connectivity index (χ0) is 22.7. The van der Waals surface area contributed by atoms with Crippen LogP contribution >= 0.6 is 0 Å². The van der Waals surface area contributed by atoms with Crippen LogP contribution in [0.1, 0.15) is 33.3 Å². The van der Waals surface area contributed by atoms with Gasteiger partial charge in [0.25, 0.3) is 5.91 Å². The second-order valence-electron chi connectivity index (χ2n) is 8.17. The lowest BCUT2D eigenvalue weighted by Crippen LogP contribution is -2.30. The minimum atomic E-state index is -3.65. The lowest BCUT2D eigenvalue weighted by atomic mass is 9.87. The number of ether oxygens (including phenoxy) is 2. The molecule has 30 heavy (non-hydrogen) atoms. The maximum absolute atomic E-state index is 12.7. The number of nitrogens with zero attached hydrogens (tertiary/aromatic N) is 1. The van der Waals surface area contributed by atoms with E-state index in [1.54, 1.807) is 6.92 Å². The van der Waals surface area contributed by atoms with Gasteiger partial charge in [-0.3, -0.25) is 4.79 Å². The highest BCUT2D eigenvalue weighted by atomic mass is 32.2. The molecule has 2 rings (SSSR count). The van der Waals surface area contributed by atoms with Gasteiger partial charge in [-0.05, 0) is 48.2 Å². The predicted molar refractivity (Wildman–Crippen MR) is 118 cm³/mol. The number of sulfonamides is 1. The number of nitrogens with one attached hydrogen (secondary N) is 1. The van der Waals surface area contributed by atoms with Crippen molar-refractivity contribution in [2.75, 3.05) is 26.5 Å². The molecule has 0 aliphatic carbocycles. The number of hydrogen-bond acceptors (Lipinski definition) is 5. The lowest BCUT2D eigenvalue weighted by Gasteiger charge is -2.20. The Labute approximate surface area is 179 Å². The molecule has 0 aromatic heterocycles. The molecule has 0 bridgehead atoms. The summed E-state index contributed by atoms with van der Waals surface area (Å²) in [5.74, 6) is 0.497. The van der Waals surface area contributed by atoms with Gasteiger partial charge in [-0.15, -0.1) is 0 Å². The van der Waals surface area contributed by atoms with Gasteiger partial charge in [0.1, 0.15) is 11.5 Å². The first-order valence-corrected chi connectivity index (χ1v) is 11.0. The van der Waals surface area contributed by atoms with Crippen LogP contribution in [-0.4, -0.2) is 45.9 Å². The van der Waals surface area contributed by atoms with Crippen molar-refractivity contribution in [1.29, 1.82) is 0 Å². The number of methoxy groups -OCH3 is 1. The van der Waals surface area contributed by atoms with E-state index >= 15 is 0 Å². The van der Waals surface area contributed by atoms with E-state index in [1.807, 2.05) is 24.3 Å². The molecule has 1 unspecified atom stereocenters. The van der Waals surface area contributed by atoms with Crippen LogP contribution in [0.3, 0.4) is 0 Å². The van der Waals surface area contributed by atoms with Gasteiger partial charge >= 0.3 is 0 Å². The molecule has 164 valence electrons. The third kappa shape index (κ3) is 5.52. The van der Waals surface area contributed by atoms with Crippen molar-refractivity contribution in [3.63, 3.8) is 0 Å². The van der Waals surface area contributed by atoms with Gasteiger partial charge in [-0.25, -0.2) is 12.7 Å². The number of benzene rings is 2. The standard InChI is InChI=1S/C22H30N2O5S/c1-15(29-17-10-8-16(9-11-17)22(2,3)4)21(25)23-19-14-18(12-13-20(19)28-7)30(26,27)24(5)6/h8-15H,1-7H3,(H,23,25). The van der Waals surface area contributed by atoms with Crippen LogP contribution in [0.4, 0.5) is 5.69 Å². The van der Waals surface area contributed by atoms with Crippen LogP contribution in [0.5, 0.6) is 11.5 Å². The number of carbonyl (C=O) groups excluding carboxylic acids is 1. The van der Waals surface area contributed by atoms with Crippen molar-refractivity contribution in [3.8, 4) is 11.5 Å². The molecule has 0 spiro atoms. The molecule has 1 atom stereocenters. The van der Waals surface area contributed by atoms with E-state index < -0.39 is 22.0 Å². The lowest BCUT2D eigenvalue weighted by molar-refractivity contribution is -0.122. The van der Waals surface area contributed by atoms with E-state index in [1.165, 1.54) is 39.4 Å². The van der Waals surface area contributed by atoms with Crippen LogP contribution in [0.15, 0.2) is 47.4 Å². The van der Waals surface area contributed by atoms with E-state index in [-0.39, 0.29) is 16.0 Å². The van der Waals surface area contributed by atoms with E-state index in [4.69, 9.17) is 9.47 Å². The molecular formula is C22H30N2O5S. The van der Waals surface area contributed by atoms with E-state index in [9.17, 15) is 13.2 Å². The summed E-state index contributed by atoms with van der Waals surface area (Å²) in [5.41, 5.74) is 1.44. The molecule has 2 aromatic rings. The molecule has 1 amide bonds. The van der Waals surface area contributed by atoms with Crippen LogP contribution < -0.4 is 14.8 Å². The SMILES string of the molecule is COc1ccc(S(=O)(=O)N(C)C)cc1NC(=O)C(C)Oc1ccc(C(C)(C)C)cc1. The quantitative estimate of drug-likeness (QED) is 0.719. The summed E-state index contributed by atoms with van der Waals surface area (Å²) >= 11 is 0. The first kappa shape index (κ1) is 23.7. The Morgan fingerprint density at radius 3 is 2.17 bits per heavy atom. The first-order chi connectivity index (χ1) is 13.9. The second-order valence-corrected chi connectivity index (χ2v) is 10.3. The van der Waals surface area contributed by atoms with Gasteiger partial charge in [0.15, 0.2) is 6.10 Å². The summed E-state index contributed by atoms with van der Waals surface area (Å²) in [7, 11) is 0.683. The molecule has 2 aromatic carbocycles. The van der Waals surface area contributed by atoms with Gasteiger partial charge in [-0.2, -0.15) is 0 Å². The highest BCUT2D eigenvalue weighted by Gasteiger charge is 2.22. The van der Waals surface area contributed by atoms with Crippen molar-refractivity contribution in [2.45, 2.75) is 44.1 Å². The monoisotopic (exact) mass is 434 g/mol. The summed E-state index contributed by atoms with van der Waals surface area (Å²) in [6, 6.07) is 11.9. The highest BCUT2D eigenvalue weighted by molar-refractivity contribution is 7.89. The highest BCUT2D eigenvalue weighted by Crippen LogP contribution is 2.29. The molecule has 0 saturated carbocycles. The zero-order valence-corrected chi connectivity index (χ0v) is 19.3. The summed E-state index contributed by atoms with van der Waals surface area (Å²) < 4.78 is 36.9. The van der Waals surface area contributed by atoms with Crippen molar-refractivity contribution >= 4 is 21.6 Å². The maximum Gasteiger partial charge on any atom is 0.265 e. The summed E-state index contributed by atoms with van der Waals surface area (Å²) in [6.45, 7) is 7.99. The van der Waals surface area contributed by atoms with Gasteiger partial charge < -0.3 is 14.8 Å². The first-order valence-electron chi connectivity index (χ1n) is 9.55. The van der Waals surface area contributed by atoms with Crippen LogP contribution in [0.25, 0.3) is 0 Å². The Balaban J connectivity index is 2.18. The summed E-state index contributed by atoms with van der Waals surface area (Å²) in [4.78, 5) is 12.7. The van der Waals surface area contributed by atoms with Crippen molar-refractivity contribution in [2.24, 2.45) is 0 Å². The Hall–Kier alpha value is -2.58. The fraction of sp³-hybridized carbons (Fsp3) is 0.409. The normalized spacial score (nSPS) is 13.1. The molecule has 0 aliphatic rings. The molecule has 7 nitrogen and oxygen atoms in total. The smallest absolute Gasteiger partial charge is 0.265 e. The molecule has 8 heteroatoms. The van der Waals surface area contributed by atoms with Gasteiger partial charge in [-0.1, -0.05) is 32.9 Å². The third-order valence-electron chi connectivity index (χ3n) is 4.61. The zero-order valence-electron chi connectivity index (χ0n) is 18.5. The van der Waals surface area contributed by atoms with Crippen molar-refractivity contribution in [1.82, 2.24) is 4.31 Å². The van der Waals surface area contributed by atoms with Crippen molar-refractivity contribution in [3.05, 3.63) is 48.0 Å². The molecule has 0 radical (unpaired) electrons. The topological polar surface area (TPSA) is 84.9 Å². The third-order valence-corrected chi connectivity index (χ3v) is 6.42. The van der Waals surface area contributed by atoms with E-state index in [2.05, 4.69) is 26.1 Å². The van der Waals surface area contributed by atoms with E-state index in [0.717, 1.165) is 9.87 Å². The molecular weight excluding hydrogens is 404 g/mol. The largest absolute Gasteiger partial charge is 0.495 e. The fourth-order valence-electron chi connectivity index (χ4n) is 2.68. The number of hydrogen-bond donors (Lipinski definition) is 1. The molecule has 0 saturated heterocycles. The number of anilines is 1. The van der Waals surface area contributed by atoms with Gasteiger partial charge in [0, 0.05) is 14.1 Å². The Kier molecular flexibility index (Phi) is 7.15. The predicted octanol–water partition coefficient (Wildman–Crippen LogP) is 3.65. The maximum atomic E-state index is 12.7. The molecule has 0 fully saturated rings. The summed E-state index contributed by atoms with van der Waals surface area (Å²) in [6.07, 6.45) is -0.802. The van der Waals surface area contributed by atoms with E-state index in [0.29, 0.717) is 11.5 Å². The number of rotatable bonds is 7.